The molecule has 0 saturated heterocycles. The standard InChI is InChI=1S/C19H23N5O2S/c1-12-13(2)27-16(23-12)8-9-21-19(20-3)22-10-11-24-17(25)14-6-4-5-7-15(14)18(24)26/h4-7H,8-11H2,1-3H3,(H2,20,21,22). The zero-order chi connectivity index (χ0) is 19.4. The average Bonchev–Trinajstić information content (AvgIpc) is 3.11. The van der Waals surface area contributed by atoms with Crippen molar-refractivity contribution in [3.63, 3.8) is 0 Å². The number of aryl methyl sites for hydroxylation is 2. The number of guanidine groups is 1. The molecule has 1 aliphatic heterocycles. The minimum absolute atomic E-state index is 0.241. The third-order valence-electron chi connectivity index (χ3n) is 4.43. The van der Waals surface area contributed by atoms with Crippen molar-refractivity contribution in [2.45, 2.75) is 20.3 Å². The van der Waals surface area contributed by atoms with Gasteiger partial charge in [-0.25, -0.2) is 4.98 Å². The summed E-state index contributed by atoms with van der Waals surface area (Å²) in [6.07, 6.45) is 0.818. The summed E-state index contributed by atoms with van der Waals surface area (Å²) in [6.45, 7) is 5.52. The van der Waals surface area contributed by atoms with Crippen molar-refractivity contribution in [3.8, 4) is 0 Å². The Morgan fingerprint density at radius 3 is 2.30 bits per heavy atom. The number of imide groups is 1. The number of fused-ring (bicyclic) bond motifs is 1. The second kappa shape index (κ2) is 8.30. The largest absolute Gasteiger partial charge is 0.356 e. The van der Waals surface area contributed by atoms with Crippen LogP contribution in [0.5, 0.6) is 0 Å². The number of nitrogens with zero attached hydrogens (tertiary/aromatic N) is 3. The number of hydrogen-bond acceptors (Lipinski definition) is 5. The summed E-state index contributed by atoms with van der Waals surface area (Å²) in [6, 6.07) is 6.91. The smallest absolute Gasteiger partial charge is 0.261 e. The Bertz CT molecular complexity index is 835. The van der Waals surface area contributed by atoms with Gasteiger partial charge < -0.3 is 10.6 Å². The highest BCUT2D eigenvalue weighted by atomic mass is 32.1. The van der Waals surface area contributed by atoms with Crippen molar-refractivity contribution in [2.24, 2.45) is 4.99 Å². The monoisotopic (exact) mass is 385 g/mol. The fourth-order valence-electron chi connectivity index (χ4n) is 2.88. The molecular formula is C19H23N5O2S. The molecule has 0 aliphatic carbocycles. The molecule has 0 spiro atoms. The highest BCUT2D eigenvalue weighted by Gasteiger charge is 2.34. The van der Waals surface area contributed by atoms with Crippen LogP contribution in [0.15, 0.2) is 29.3 Å². The number of hydrogen-bond donors (Lipinski definition) is 2. The Morgan fingerprint density at radius 2 is 1.74 bits per heavy atom. The van der Waals surface area contributed by atoms with E-state index in [0.717, 1.165) is 17.1 Å². The van der Waals surface area contributed by atoms with Crippen LogP contribution in [-0.4, -0.2) is 54.3 Å². The molecular weight excluding hydrogens is 362 g/mol. The summed E-state index contributed by atoms with van der Waals surface area (Å²) in [5.74, 6) is 0.154. The van der Waals surface area contributed by atoms with Crippen LogP contribution >= 0.6 is 11.3 Å². The molecule has 0 fully saturated rings. The lowest BCUT2D eigenvalue weighted by Crippen LogP contribution is -2.43. The van der Waals surface area contributed by atoms with Crippen molar-refractivity contribution in [2.75, 3.05) is 26.7 Å². The van der Waals surface area contributed by atoms with Gasteiger partial charge in [0.25, 0.3) is 11.8 Å². The van der Waals surface area contributed by atoms with Crippen LogP contribution < -0.4 is 10.6 Å². The highest BCUT2D eigenvalue weighted by Crippen LogP contribution is 2.21. The molecule has 7 nitrogen and oxygen atoms in total. The summed E-state index contributed by atoms with van der Waals surface area (Å²) >= 11 is 1.71. The van der Waals surface area contributed by atoms with Crippen molar-refractivity contribution in [3.05, 3.63) is 51.0 Å². The second-order valence-corrected chi connectivity index (χ2v) is 7.52. The first-order chi connectivity index (χ1) is 13.0. The van der Waals surface area contributed by atoms with Gasteiger partial charge in [0.05, 0.1) is 21.8 Å². The number of benzene rings is 1. The summed E-state index contributed by atoms with van der Waals surface area (Å²) in [4.78, 5) is 35.9. The van der Waals surface area contributed by atoms with Crippen LogP contribution in [0.2, 0.25) is 0 Å². The van der Waals surface area contributed by atoms with Gasteiger partial charge in [0.1, 0.15) is 0 Å². The van der Waals surface area contributed by atoms with Crippen molar-refractivity contribution >= 4 is 29.1 Å². The number of rotatable bonds is 6. The first-order valence-electron chi connectivity index (χ1n) is 8.84. The fourth-order valence-corrected chi connectivity index (χ4v) is 3.82. The molecule has 3 rings (SSSR count). The maximum absolute atomic E-state index is 12.3. The van der Waals surface area contributed by atoms with E-state index in [9.17, 15) is 9.59 Å². The maximum atomic E-state index is 12.3. The van der Waals surface area contributed by atoms with Gasteiger partial charge in [-0.05, 0) is 26.0 Å². The predicted octanol–water partition coefficient (Wildman–Crippen LogP) is 1.76. The molecule has 0 radical (unpaired) electrons. The number of carbonyl (C=O) groups excluding carboxylic acids is 2. The topological polar surface area (TPSA) is 86.7 Å². The molecule has 142 valence electrons. The van der Waals surface area contributed by atoms with Crippen LogP contribution in [0.25, 0.3) is 0 Å². The van der Waals surface area contributed by atoms with Gasteiger partial charge in [-0.15, -0.1) is 11.3 Å². The Kier molecular flexibility index (Phi) is 5.85. The SMILES string of the molecule is CN=C(NCCc1nc(C)c(C)s1)NCCN1C(=O)c2ccccc2C1=O. The molecule has 2 aromatic rings. The van der Waals surface area contributed by atoms with Crippen LogP contribution in [0.4, 0.5) is 0 Å². The minimum atomic E-state index is -0.241. The third-order valence-corrected chi connectivity index (χ3v) is 5.57. The number of nitrogens with one attached hydrogen (secondary N) is 2. The fraction of sp³-hybridized carbons (Fsp3) is 0.368. The molecule has 0 unspecified atom stereocenters. The van der Waals surface area contributed by atoms with Gasteiger partial charge in [-0.2, -0.15) is 0 Å². The maximum Gasteiger partial charge on any atom is 0.261 e. The zero-order valence-corrected chi connectivity index (χ0v) is 16.5. The van der Waals surface area contributed by atoms with Crippen LogP contribution in [0.1, 0.15) is 36.3 Å². The zero-order valence-electron chi connectivity index (χ0n) is 15.7. The first kappa shape index (κ1) is 19.0. The second-order valence-electron chi connectivity index (χ2n) is 6.23. The lowest BCUT2D eigenvalue weighted by atomic mass is 10.1. The molecule has 0 bridgehead atoms. The van der Waals surface area contributed by atoms with E-state index in [1.807, 2.05) is 6.92 Å². The van der Waals surface area contributed by atoms with E-state index >= 15 is 0 Å². The van der Waals surface area contributed by atoms with Gasteiger partial charge in [0.2, 0.25) is 0 Å². The Morgan fingerprint density at radius 1 is 1.11 bits per heavy atom. The molecule has 2 heterocycles. The highest BCUT2D eigenvalue weighted by molar-refractivity contribution is 7.11. The van der Waals surface area contributed by atoms with Crippen LogP contribution in [-0.2, 0) is 6.42 Å². The molecule has 8 heteroatoms. The Hall–Kier alpha value is -2.74. The lowest BCUT2D eigenvalue weighted by Gasteiger charge is -2.16. The van der Waals surface area contributed by atoms with Gasteiger partial charge in [-0.3, -0.25) is 19.5 Å². The molecule has 1 aromatic carbocycles. The molecule has 1 aromatic heterocycles. The van der Waals surface area contributed by atoms with E-state index in [1.54, 1.807) is 42.6 Å². The Labute approximate surface area is 162 Å². The summed E-state index contributed by atoms with van der Waals surface area (Å²) in [7, 11) is 1.69. The lowest BCUT2D eigenvalue weighted by molar-refractivity contribution is 0.0657. The quantitative estimate of drug-likeness (QED) is 0.450. The van der Waals surface area contributed by atoms with E-state index in [0.29, 0.717) is 30.2 Å². The summed E-state index contributed by atoms with van der Waals surface area (Å²) < 4.78 is 0. The van der Waals surface area contributed by atoms with E-state index in [1.165, 1.54) is 9.78 Å². The number of carbonyl (C=O) groups is 2. The van der Waals surface area contributed by atoms with E-state index < -0.39 is 0 Å². The van der Waals surface area contributed by atoms with Crippen molar-refractivity contribution in [1.29, 1.82) is 0 Å². The molecule has 1 aliphatic rings. The number of thiazole rings is 1. The van der Waals surface area contributed by atoms with Crippen molar-refractivity contribution < 1.29 is 9.59 Å². The normalized spacial score (nSPS) is 13.9. The first-order valence-corrected chi connectivity index (χ1v) is 9.65. The van der Waals surface area contributed by atoms with Gasteiger partial charge in [0, 0.05) is 38.0 Å². The van der Waals surface area contributed by atoms with Gasteiger partial charge in [0.15, 0.2) is 5.96 Å². The Balaban J connectivity index is 1.45. The number of aromatic nitrogens is 1. The molecule has 2 N–H and O–H groups in total. The molecule has 27 heavy (non-hydrogen) atoms. The van der Waals surface area contributed by atoms with E-state index in [4.69, 9.17) is 0 Å². The van der Waals surface area contributed by atoms with E-state index in [2.05, 4.69) is 27.5 Å². The average molecular weight is 385 g/mol. The number of amides is 2. The molecule has 2 amide bonds. The third kappa shape index (κ3) is 4.16. The number of aliphatic imine (C=N–C) groups is 1. The molecule has 0 saturated carbocycles. The van der Waals surface area contributed by atoms with Crippen LogP contribution in [0, 0.1) is 13.8 Å². The van der Waals surface area contributed by atoms with Crippen LogP contribution in [0.3, 0.4) is 0 Å². The van der Waals surface area contributed by atoms with E-state index in [-0.39, 0.29) is 18.4 Å². The molecule has 0 atom stereocenters. The minimum Gasteiger partial charge on any atom is -0.356 e. The van der Waals surface area contributed by atoms with Gasteiger partial charge >= 0.3 is 0 Å². The van der Waals surface area contributed by atoms with Gasteiger partial charge in [-0.1, -0.05) is 12.1 Å². The van der Waals surface area contributed by atoms with Crippen molar-refractivity contribution in [1.82, 2.24) is 20.5 Å². The summed E-state index contributed by atoms with van der Waals surface area (Å²) in [5.41, 5.74) is 2.02. The summed E-state index contributed by atoms with van der Waals surface area (Å²) in [5, 5.41) is 7.47. The predicted molar refractivity (Wildman–Crippen MR) is 106 cm³/mol.